The molecule has 230 valence electrons. The number of nitrogens with one attached hydrogen (secondary N) is 1. The van der Waals surface area contributed by atoms with E-state index in [-0.39, 0.29) is 24.3 Å². The number of amides is 2. The summed E-state index contributed by atoms with van der Waals surface area (Å²) >= 11 is 6.11. The molecule has 0 radical (unpaired) electrons. The van der Waals surface area contributed by atoms with Crippen LogP contribution in [0.2, 0.25) is 0 Å². The first kappa shape index (κ1) is 35.6. The first-order valence-electron chi connectivity index (χ1n) is 13.7. The van der Waals surface area contributed by atoms with Gasteiger partial charge in [0.2, 0.25) is 11.8 Å². The highest BCUT2D eigenvalue weighted by Gasteiger charge is 2.41. The van der Waals surface area contributed by atoms with Crippen molar-refractivity contribution < 1.29 is 24.3 Å². The average molecular weight is 595 g/mol. The van der Waals surface area contributed by atoms with E-state index in [9.17, 15) is 14.7 Å². The predicted octanol–water partition coefficient (Wildman–Crippen LogP) is 2.83. The van der Waals surface area contributed by atoms with Gasteiger partial charge in [-0.15, -0.1) is 4.85 Å². The molecule has 11 nitrogen and oxygen atoms in total. The van der Waals surface area contributed by atoms with Crippen molar-refractivity contribution in [3.8, 4) is 0 Å². The Labute approximate surface area is 248 Å². The first-order chi connectivity index (χ1) is 19.6. The van der Waals surface area contributed by atoms with Crippen molar-refractivity contribution in [2.24, 2.45) is 17.4 Å². The molecule has 1 fully saturated rings. The van der Waals surface area contributed by atoms with Gasteiger partial charge in [-0.05, 0) is 42.2 Å². The normalized spacial score (nSPS) is 16.8. The van der Waals surface area contributed by atoms with E-state index in [0.29, 0.717) is 40.6 Å². The molecule has 0 bridgehead atoms. The zero-order chi connectivity index (χ0) is 31.3. The van der Waals surface area contributed by atoms with Gasteiger partial charge in [0.1, 0.15) is 18.2 Å². The first-order valence-corrected chi connectivity index (χ1v) is 14.1. The Balaban J connectivity index is 0.00000201. The molecule has 1 aliphatic rings. The molecule has 3 rings (SSSR count). The molecular formula is C29H47ClN6O5. The summed E-state index contributed by atoms with van der Waals surface area (Å²) in [4.78, 5) is 30.0. The number of aliphatic hydroxyl groups excluding tert-OH is 2. The molecule has 3 atom stereocenters. The van der Waals surface area contributed by atoms with Crippen molar-refractivity contribution in [2.75, 3.05) is 39.4 Å². The summed E-state index contributed by atoms with van der Waals surface area (Å²) in [5.41, 5.74) is 13.2. The van der Waals surface area contributed by atoms with Crippen LogP contribution >= 0.6 is 11.6 Å². The van der Waals surface area contributed by atoms with Crippen LogP contribution in [0.3, 0.4) is 0 Å². The number of benzene rings is 1. The van der Waals surface area contributed by atoms with Crippen molar-refractivity contribution in [3.63, 3.8) is 0 Å². The van der Waals surface area contributed by atoms with Gasteiger partial charge in [0.15, 0.2) is 5.76 Å². The highest BCUT2D eigenvalue weighted by atomic mass is 35.5. The summed E-state index contributed by atoms with van der Waals surface area (Å²) < 4.78 is 5.70. The smallest absolute Gasteiger partial charge is 0.243 e. The maximum absolute atomic E-state index is 13.5. The highest BCUT2D eigenvalue weighted by molar-refractivity contribution is 6.34. The van der Waals surface area contributed by atoms with E-state index in [0.717, 1.165) is 13.5 Å². The Morgan fingerprint density at radius 2 is 1.80 bits per heavy atom. The summed E-state index contributed by atoms with van der Waals surface area (Å²) in [6.07, 6.45) is 5.86. The van der Waals surface area contributed by atoms with E-state index in [4.69, 9.17) is 32.7 Å². The third-order valence-electron chi connectivity index (χ3n) is 6.53. The summed E-state index contributed by atoms with van der Waals surface area (Å²) in [5.74, 6) is -0.335. The number of allylic oxidation sites excluding steroid dienone is 2. The topological polar surface area (TPSA) is 163 Å². The fourth-order valence-corrected chi connectivity index (χ4v) is 4.66. The van der Waals surface area contributed by atoms with Gasteiger partial charge in [-0.2, -0.15) is 0 Å². The number of aliphatic hydroxyl groups is 2. The average Bonchev–Trinajstić information content (AvgIpc) is 3.45. The number of carbonyl (C=O) groups is 2. The Morgan fingerprint density at radius 3 is 2.29 bits per heavy atom. The minimum atomic E-state index is -0.643. The number of carbonyl (C=O) groups excluding carboxylic acids is 2. The number of hydrogen-bond acceptors (Lipinski definition) is 8. The Hall–Kier alpha value is -3.41. The van der Waals surface area contributed by atoms with Crippen LogP contribution in [0.15, 0.2) is 52.3 Å². The minimum Gasteiger partial charge on any atom is -0.405 e. The Bertz CT molecular complexity index is 1130. The van der Waals surface area contributed by atoms with Crippen molar-refractivity contribution in [1.82, 2.24) is 15.1 Å². The monoisotopic (exact) mass is 594 g/mol. The number of likely N-dealkylation sites (tertiary alicyclic amines) is 1. The molecule has 0 aliphatic carbocycles. The summed E-state index contributed by atoms with van der Waals surface area (Å²) in [6, 6.07) is 5.79. The molecule has 2 aromatic rings. The van der Waals surface area contributed by atoms with Crippen molar-refractivity contribution in [1.29, 1.82) is 0 Å². The summed E-state index contributed by atoms with van der Waals surface area (Å²) in [5, 5.41) is 22.0. The molecule has 1 aromatic carbocycles. The van der Waals surface area contributed by atoms with Crippen LogP contribution in [0, 0.1) is 5.92 Å². The van der Waals surface area contributed by atoms with E-state index >= 15 is 0 Å². The summed E-state index contributed by atoms with van der Waals surface area (Å²) in [6.45, 7) is 8.11. The fourth-order valence-electron chi connectivity index (χ4n) is 4.48. The van der Waals surface area contributed by atoms with Crippen LogP contribution in [0.5, 0.6) is 0 Å². The van der Waals surface area contributed by atoms with Crippen molar-refractivity contribution in [3.05, 3.63) is 64.7 Å². The molecule has 2 amide bonds. The minimum absolute atomic E-state index is 0.00795. The van der Waals surface area contributed by atoms with Crippen LogP contribution < -0.4 is 21.8 Å². The van der Waals surface area contributed by atoms with Crippen LogP contribution in [0.4, 0.5) is 0 Å². The van der Waals surface area contributed by atoms with Gasteiger partial charge in [0, 0.05) is 27.7 Å². The molecule has 0 saturated carbocycles. The molecule has 1 saturated heterocycles. The van der Waals surface area contributed by atoms with Gasteiger partial charge >= 0.3 is 0 Å². The lowest BCUT2D eigenvalue weighted by Crippen LogP contribution is -2.49. The van der Waals surface area contributed by atoms with Gasteiger partial charge < -0.3 is 36.4 Å². The number of rotatable bonds is 10. The molecule has 7 N–H and O–H groups in total. The highest BCUT2D eigenvalue weighted by Crippen LogP contribution is 2.32. The molecule has 1 aliphatic heterocycles. The van der Waals surface area contributed by atoms with Gasteiger partial charge in [0.25, 0.3) is 0 Å². The summed E-state index contributed by atoms with van der Waals surface area (Å²) in [7, 11) is 4.68. The standard InChI is InChI=1S/C26H37ClN6O4.C2H6.CH4O/c1-16(2)23(22-14-33(37-22)31(3)4)26(36)32-13-5-6-21(32)25(35)30-20(15-34)17-7-9-18(10-8-17)24(29)19(27)11-12-28;2*1-2/h7-12,14,16,20-21,23,34H,5-6,13,15,28-29H2,1-4H3,(H,30,35);1-2H3;2H,1H3/b12-11-,24-19+;;. The molecule has 3 unspecified atom stereocenters. The largest absolute Gasteiger partial charge is 0.405 e. The maximum atomic E-state index is 13.5. The third-order valence-corrected chi connectivity index (χ3v) is 6.86. The van der Waals surface area contributed by atoms with Crippen LogP contribution in [-0.2, 0) is 9.59 Å². The van der Waals surface area contributed by atoms with Crippen LogP contribution in [-0.4, -0.2) is 72.2 Å². The number of nitrogens with zero attached hydrogens (tertiary/aromatic N) is 3. The number of aromatic nitrogens is 1. The van der Waals surface area contributed by atoms with Crippen molar-refractivity contribution >= 4 is 29.1 Å². The van der Waals surface area contributed by atoms with Crippen LogP contribution in [0.1, 0.15) is 69.4 Å². The van der Waals surface area contributed by atoms with E-state index in [1.807, 2.05) is 41.8 Å². The third kappa shape index (κ3) is 9.04. The Kier molecular flexibility index (Phi) is 15.1. The van der Waals surface area contributed by atoms with E-state index < -0.39 is 18.0 Å². The second kappa shape index (κ2) is 17.4. The van der Waals surface area contributed by atoms with Gasteiger partial charge in [0.05, 0.1) is 23.4 Å². The molecule has 12 heteroatoms. The molecule has 0 spiro atoms. The molecule has 41 heavy (non-hydrogen) atoms. The van der Waals surface area contributed by atoms with E-state index in [1.165, 1.54) is 12.3 Å². The lowest BCUT2D eigenvalue weighted by Gasteiger charge is -2.32. The molecular weight excluding hydrogens is 548 g/mol. The van der Waals surface area contributed by atoms with E-state index in [2.05, 4.69) is 5.32 Å². The van der Waals surface area contributed by atoms with Gasteiger partial charge in [-0.1, -0.05) is 63.6 Å². The lowest BCUT2D eigenvalue weighted by atomic mass is 9.91. The number of nitrogens with two attached hydrogens (primary N) is 2. The zero-order valence-electron chi connectivity index (χ0n) is 25.2. The number of hydrogen-bond donors (Lipinski definition) is 5. The quantitative estimate of drug-likeness (QED) is 0.262. The van der Waals surface area contributed by atoms with E-state index in [1.54, 1.807) is 45.2 Å². The second-order valence-corrected chi connectivity index (χ2v) is 10.1. The molecule has 2 heterocycles. The second-order valence-electron chi connectivity index (χ2n) is 9.67. The van der Waals surface area contributed by atoms with Crippen LogP contribution in [0.25, 0.3) is 5.70 Å². The van der Waals surface area contributed by atoms with Gasteiger partial charge in [-0.3, -0.25) is 14.6 Å². The zero-order valence-corrected chi connectivity index (χ0v) is 25.9. The van der Waals surface area contributed by atoms with Gasteiger partial charge in [-0.25, -0.2) is 0 Å². The lowest BCUT2D eigenvalue weighted by molar-refractivity contribution is -0.141. The maximum Gasteiger partial charge on any atom is 0.243 e. The molecule has 1 aromatic heterocycles. The number of halogens is 1. The fraction of sp³-hybridized carbons (Fsp3) is 0.517. The van der Waals surface area contributed by atoms with Crippen molar-refractivity contribution in [2.45, 2.75) is 58.5 Å². The predicted molar refractivity (Wildman–Crippen MR) is 163 cm³/mol. The Morgan fingerprint density at radius 1 is 1.22 bits per heavy atom. The SMILES string of the molecule is CC.CC(C)C(C(=O)N1CCCC1C(=O)NC(CO)c1ccc(/C(N)=C(Cl)/C=C\N)cc1)c1cn(N(C)C)o1.CO.